The van der Waals surface area contributed by atoms with Crippen LogP contribution in [0.15, 0.2) is 28.8 Å². The maximum Gasteiger partial charge on any atom is 0.244 e. The van der Waals surface area contributed by atoms with Crippen LogP contribution in [0.4, 0.5) is 4.39 Å². The third-order valence-corrected chi connectivity index (χ3v) is 4.70. The van der Waals surface area contributed by atoms with Crippen LogP contribution in [0.1, 0.15) is 29.5 Å². The zero-order valence-electron chi connectivity index (χ0n) is 10.5. The summed E-state index contributed by atoms with van der Waals surface area (Å²) in [4.78, 5) is 3.91. The lowest BCUT2D eigenvalue weighted by Crippen LogP contribution is -2.13. The number of rotatable bonds is 4. The highest BCUT2D eigenvalue weighted by Gasteiger charge is 2.28. The predicted molar refractivity (Wildman–Crippen MR) is 66.5 cm³/mol. The Hall–Kier alpha value is -1.76. The monoisotopic (exact) mass is 284 g/mol. The van der Waals surface area contributed by atoms with Crippen LogP contribution in [0, 0.1) is 12.7 Å². The highest BCUT2D eigenvalue weighted by atomic mass is 32.2. The summed E-state index contributed by atoms with van der Waals surface area (Å²) in [6.07, 6.45) is 0. The molecular formula is C12H13FN2O3S. The first-order valence-corrected chi connectivity index (χ1v) is 7.36. The molecule has 0 fully saturated rings. The van der Waals surface area contributed by atoms with Crippen molar-refractivity contribution in [2.75, 3.05) is 0 Å². The Morgan fingerprint density at radius 2 is 2.16 bits per heavy atom. The third-order valence-electron chi connectivity index (χ3n) is 2.69. The van der Waals surface area contributed by atoms with E-state index in [9.17, 15) is 12.8 Å². The number of aromatic nitrogens is 2. The highest BCUT2D eigenvalue weighted by Crippen LogP contribution is 2.24. The smallest absolute Gasteiger partial charge is 0.244 e. The van der Waals surface area contributed by atoms with E-state index < -0.39 is 20.9 Å². The number of sulfone groups is 1. The molecule has 5 nitrogen and oxygen atoms in total. The van der Waals surface area contributed by atoms with E-state index in [2.05, 4.69) is 10.1 Å². The Morgan fingerprint density at radius 1 is 1.42 bits per heavy atom. The molecule has 1 atom stereocenters. The zero-order chi connectivity index (χ0) is 14.0. The van der Waals surface area contributed by atoms with Crippen LogP contribution in [-0.2, 0) is 15.6 Å². The van der Waals surface area contributed by atoms with Gasteiger partial charge in [-0.2, -0.15) is 4.98 Å². The first-order chi connectivity index (χ1) is 8.88. The van der Waals surface area contributed by atoms with Crippen molar-refractivity contribution in [2.24, 2.45) is 0 Å². The van der Waals surface area contributed by atoms with Crippen molar-refractivity contribution in [1.82, 2.24) is 10.1 Å². The average molecular weight is 284 g/mol. The molecule has 0 N–H and O–H groups in total. The molecule has 0 saturated carbocycles. The highest BCUT2D eigenvalue weighted by molar-refractivity contribution is 7.90. The van der Waals surface area contributed by atoms with Gasteiger partial charge in [0.2, 0.25) is 5.89 Å². The van der Waals surface area contributed by atoms with Crippen molar-refractivity contribution in [2.45, 2.75) is 24.9 Å². The molecule has 1 heterocycles. The van der Waals surface area contributed by atoms with E-state index in [0.717, 1.165) is 0 Å². The quantitative estimate of drug-likeness (QED) is 0.860. The summed E-state index contributed by atoms with van der Waals surface area (Å²) in [5, 5.41) is 2.64. The molecule has 19 heavy (non-hydrogen) atoms. The Balaban J connectivity index is 2.23. The van der Waals surface area contributed by atoms with Gasteiger partial charge in [-0.25, -0.2) is 12.8 Å². The summed E-state index contributed by atoms with van der Waals surface area (Å²) in [6, 6.07) is 5.50. The zero-order valence-corrected chi connectivity index (χ0v) is 11.3. The molecule has 0 aliphatic carbocycles. The normalized spacial score (nSPS) is 13.4. The SMILES string of the molecule is Cc1noc([C@H](C)S(=O)(=O)Cc2cccc(F)c2)n1. The lowest BCUT2D eigenvalue weighted by Gasteiger charge is -2.08. The Morgan fingerprint density at radius 3 is 2.74 bits per heavy atom. The van der Waals surface area contributed by atoms with Gasteiger partial charge in [0.1, 0.15) is 11.1 Å². The predicted octanol–water partition coefficient (Wildman–Crippen LogP) is 2.19. The molecule has 0 spiro atoms. The first-order valence-electron chi connectivity index (χ1n) is 5.65. The molecule has 0 amide bonds. The number of hydrogen-bond acceptors (Lipinski definition) is 5. The molecule has 0 unspecified atom stereocenters. The van der Waals surface area contributed by atoms with Gasteiger partial charge < -0.3 is 4.52 Å². The molecular weight excluding hydrogens is 271 g/mol. The maximum atomic E-state index is 13.0. The van der Waals surface area contributed by atoms with Gasteiger partial charge >= 0.3 is 0 Å². The number of halogens is 1. The van der Waals surface area contributed by atoms with Gasteiger partial charge in [-0.3, -0.25) is 0 Å². The average Bonchev–Trinajstić information content (AvgIpc) is 2.74. The fraction of sp³-hybridized carbons (Fsp3) is 0.333. The largest absolute Gasteiger partial charge is 0.338 e. The van der Waals surface area contributed by atoms with Crippen molar-refractivity contribution in [3.8, 4) is 0 Å². The topological polar surface area (TPSA) is 73.1 Å². The van der Waals surface area contributed by atoms with Gasteiger partial charge in [-0.1, -0.05) is 17.3 Å². The van der Waals surface area contributed by atoms with E-state index >= 15 is 0 Å². The van der Waals surface area contributed by atoms with Crippen LogP contribution < -0.4 is 0 Å². The number of nitrogens with zero attached hydrogens (tertiary/aromatic N) is 2. The van der Waals surface area contributed by atoms with Crippen molar-refractivity contribution in [3.63, 3.8) is 0 Å². The van der Waals surface area contributed by atoms with Gasteiger partial charge in [-0.05, 0) is 31.5 Å². The maximum absolute atomic E-state index is 13.0. The first kappa shape index (κ1) is 13.7. The molecule has 2 aromatic rings. The Bertz CT molecular complexity index is 682. The molecule has 102 valence electrons. The van der Waals surface area contributed by atoms with Crippen LogP contribution in [0.25, 0.3) is 0 Å². The molecule has 0 bridgehead atoms. The van der Waals surface area contributed by atoms with Crippen LogP contribution in [0.5, 0.6) is 0 Å². The second-order valence-electron chi connectivity index (χ2n) is 4.26. The fourth-order valence-electron chi connectivity index (χ4n) is 1.62. The molecule has 1 aromatic carbocycles. The summed E-state index contributed by atoms with van der Waals surface area (Å²) in [6.45, 7) is 3.08. The van der Waals surface area contributed by atoms with E-state index in [4.69, 9.17) is 4.52 Å². The molecule has 0 radical (unpaired) electrons. The van der Waals surface area contributed by atoms with Crippen LogP contribution in [-0.4, -0.2) is 18.6 Å². The van der Waals surface area contributed by atoms with E-state index in [-0.39, 0.29) is 11.6 Å². The molecule has 0 aliphatic rings. The molecule has 0 aliphatic heterocycles. The number of benzene rings is 1. The van der Waals surface area contributed by atoms with Gasteiger partial charge in [0.25, 0.3) is 0 Å². The summed E-state index contributed by atoms with van der Waals surface area (Å²) >= 11 is 0. The number of aryl methyl sites for hydroxylation is 1. The second-order valence-corrected chi connectivity index (χ2v) is 6.58. The summed E-state index contributed by atoms with van der Waals surface area (Å²) < 4.78 is 42.2. The van der Waals surface area contributed by atoms with Gasteiger partial charge in [0.15, 0.2) is 15.7 Å². The summed E-state index contributed by atoms with van der Waals surface area (Å²) in [5.74, 6) is -0.307. The summed E-state index contributed by atoms with van der Waals surface area (Å²) in [7, 11) is -3.53. The molecule has 0 saturated heterocycles. The lowest BCUT2D eigenvalue weighted by atomic mass is 10.2. The minimum atomic E-state index is -3.53. The Labute approximate surface area is 110 Å². The van der Waals surface area contributed by atoms with E-state index in [1.807, 2.05) is 0 Å². The lowest BCUT2D eigenvalue weighted by molar-refractivity contribution is 0.373. The van der Waals surface area contributed by atoms with Crippen LogP contribution in [0.2, 0.25) is 0 Å². The van der Waals surface area contributed by atoms with Crippen LogP contribution in [0.3, 0.4) is 0 Å². The minimum absolute atomic E-state index is 0.0499. The second kappa shape index (κ2) is 5.08. The van der Waals surface area contributed by atoms with Gasteiger partial charge in [0, 0.05) is 0 Å². The minimum Gasteiger partial charge on any atom is -0.338 e. The molecule has 1 aromatic heterocycles. The van der Waals surface area contributed by atoms with Gasteiger partial charge in [0.05, 0.1) is 5.75 Å². The van der Waals surface area contributed by atoms with Crippen molar-refractivity contribution >= 4 is 9.84 Å². The van der Waals surface area contributed by atoms with E-state index in [1.165, 1.54) is 25.1 Å². The van der Waals surface area contributed by atoms with E-state index in [1.54, 1.807) is 13.0 Å². The van der Waals surface area contributed by atoms with Crippen molar-refractivity contribution in [1.29, 1.82) is 0 Å². The van der Waals surface area contributed by atoms with E-state index in [0.29, 0.717) is 11.4 Å². The number of hydrogen-bond donors (Lipinski definition) is 0. The Kier molecular flexibility index (Phi) is 3.66. The van der Waals surface area contributed by atoms with Gasteiger partial charge in [-0.15, -0.1) is 0 Å². The van der Waals surface area contributed by atoms with Crippen LogP contribution >= 0.6 is 0 Å². The standard InChI is InChI=1S/C12H13FN2O3S/c1-8(12-14-9(2)15-18-12)19(16,17)7-10-4-3-5-11(13)6-10/h3-6,8H,7H2,1-2H3/t8-/m0/s1. The van der Waals surface area contributed by atoms with Crippen molar-refractivity contribution < 1.29 is 17.3 Å². The third kappa shape index (κ3) is 3.17. The summed E-state index contributed by atoms with van der Waals surface area (Å²) in [5.41, 5.74) is 0.392. The van der Waals surface area contributed by atoms with Crippen molar-refractivity contribution in [3.05, 3.63) is 47.4 Å². The fourth-order valence-corrected chi connectivity index (χ4v) is 2.91. The molecule has 7 heteroatoms. The molecule has 2 rings (SSSR count).